The first-order chi connectivity index (χ1) is 9.06. The summed E-state index contributed by atoms with van der Waals surface area (Å²) >= 11 is 4.75. The highest BCUT2D eigenvalue weighted by molar-refractivity contribution is 9.10. The Morgan fingerprint density at radius 1 is 1.26 bits per heavy atom. The Morgan fingerprint density at radius 3 is 2.47 bits per heavy atom. The van der Waals surface area contributed by atoms with Crippen molar-refractivity contribution in [2.45, 2.75) is 19.3 Å². The third kappa shape index (κ3) is 5.48. The molecule has 1 aromatic rings. The average Bonchev–Trinajstić information content (AvgIpc) is 2.32. The van der Waals surface area contributed by atoms with Crippen molar-refractivity contribution >= 4 is 33.6 Å². The van der Waals surface area contributed by atoms with Gasteiger partial charge in [0.2, 0.25) is 0 Å². The smallest absolute Gasteiger partial charge is 0.257 e. The molecule has 2 nitrogen and oxygen atoms in total. The summed E-state index contributed by atoms with van der Waals surface area (Å²) in [4.78, 5) is 11.7. The number of amides is 1. The van der Waals surface area contributed by atoms with Crippen molar-refractivity contribution in [3.63, 3.8) is 0 Å². The second kappa shape index (κ2) is 8.53. The molecule has 0 aliphatic rings. The fraction of sp³-hybridized carbons (Fsp3) is 0.462. The molecule has 0 aromatic heterocycles. The quantitative estimate of drug-likeness (QED) is 0.752. The number of rotatable bonds is 7. The van der Waals surface area contributed by atoms with Gasteiger partial charge in [0.05, 0.1) is 0 Å². The third-order valence-corrected chi connectivity index (χ3v) is 3.70. The average molecular weight is 352 g/mol. The standard InChI is InChI=1S/C13H16BrF2NOS/c1-19-6-4-2-3-5-17-13(18)12-10(15)7-9(14)8-11(12)16/h7-8H,2-6H2,1H3,(H,17,18). The third-order valence-electron chi connectivity index (χ3n) is 2.54. The number of unbranched alkanes of at least 4 members (excludes halogenated alkanes) is 2. The Kier molecular flexibility index (Phi) is 7.38. The summed E-state index contributed by atoms with van der Waals surface area (Å²) in [6.07, 6.45) is 4.93. The van der Waals surface area contributed by atoms with Gasteiger partial charge in [-0.05, 0) is 37.0 Å². The maximum absolute atomic E-state index is 13.5. The van der Waals surface area contributed by atoms with Gasteiger partial charge in [-0.25, -0.2) is 8.78 Å². The highest BCUT2D eigenvalue weighted by Crippen LogP contribution is 2.19. The second-order valence-electron chi connectivity index (χ2n) is 4.05. The number of halogens is 3. The zero-order valence-electron chi connectivity index (χ0n) is 10.6. The van der Waals surface area contributed by atoms with E-state index in [9.17, 15) is 13.6 Å². The first-order valence-corrected chi connectivity index (χ1v) is 8.16. The van der Waals surface area contributed by atoms with Crippen molar-refractivity contribution in [3.8, 4) is 0 Å². The fourth-order valence-electron chi connectivity index (χ4n) is 1.60. The van der Waals surface area contributed by atoms with Crippen molar-refractivity contribution in [1.29, 1.82) is 0 Å². The number of carbonyl (C=O) groups excluding carboxylic acids is 1. The van der Waals surface area contributed by atoms with E-state index in [0.717, 1.165) is 37.1 Å². The lowest BCUT2D eigenvalue weighted by molar-refractivity contribution is 0.0944. The molecule has 6 heteroatoms. The lowest BCUT2D eigenvalue weighted by Gasteiger charge is -2.07. The van der Waals surface area contributed by atoms with Crippen molar-refractivity contribution in [3.05, 3.63) is 33.8 Å². The lowest BCUT2D eigenvalue weighted by Crippen LogP contribution is -2.26. The van der Waals surface area contributed by atoms with Crippen molar-refractivity contribution in [2.75, 3.05) is 18.6 Å². The Bertz CT molecular complexity index is 420. The summed E-state index contributed by atoms with van der Waals surface area (Å²) in [5, 5.41) is 2.54. The first kappa shape index (κ1) is 16.4. The second-order valence-corrected chi connectivity index (χ2v) is 5.96. The maximum Gasteiger partial charge on any atom is 0.257 e. The van der Waals surface area contributed by atoms with Crippen LogP contribution in [0.5, 0.6) is 0 Å². The van der Waals surface area contributed by atoms with Crippen LogP contribution >= 0.6 is 27.7 Å². The molecule has 1 amide bonds. The molecular weight excluding hydrogens is 336 g/mol. The molecule has 1 N–H and O–H groups in total. The molecule has 1 aromatic carbocycles. The molecule has 0 heterocycles. The van der Waals surface area contributed by atoms with E-state index in [1.165, 1.54) is 0 Å². The van der Waals surface area contributed by atoms with E-state index in [2.05, 4.69) is 21.2 Å². The van der Waals surface area contributed by atoms with Gasteiger partial charge in [0.1, 0.15) is 17.2 Å². The number of hydrogen-bond acceptors (Lipinski definition) is 2. The van der Waals surface area contributed by atoms with E-state index in [4.69, 9.17) is 0 Å². The van der Waals surface area contributed by atoms with Crippen molar-refractivity contribution < 1.29 is 13.6 Å². The molecule has 106 valence electrons. The van der Waals surface area contributed by atoms with Crippen LogP contribution in [0, 0.1) is 11.6 Å². The summed E-state index contributed by atoms with van der Waals surface area (Å²) < 4.78 is 27.3. The van der Waals surface area contributed by atoms with Crippen LogP contribution in [0.15, 0.2) is 16.6 Å². The summed E-state index contributed by atoms with van der Waals surface area (Å²) in [7, 11) is 0. The predicted octanol–water partition coefficient (Wildman–Crippen LogP) is 3.99. The van der Waals surface area contributed by atoms with Crippen molar-refractivity contribution in [2.24, 2.45) is 0 Å². The van der Waals surface area contributed by atoms with Gasteiger partial charge in [0.15, 0.2) is 0 Å². The molecule has 0 atom stereocenters. The normalized spacial score (nSPS) is 10.5. The Balaban J connectivity index is 2.46. The van der Waals surface area contributed by atoms with E-state index in [1.54, 1.807) is 11.8 Å². The number of benzene rings is 1. The van der Waals surface area contributed by atoms with Crippen LogP contribution in [-0.4, -0.2) is 24.5 Å². The highest BCUT2D eigenvalue weighted by atomic mass is 79.9. The zero-order chi connectivity index (χ0) is 14.3. The van der Waals surface area contributed by atoms with E-state index >= 15 is 0 Å². The summed E-state index contributed by atoms with van der Waals surface area (Å²) in [6.45, 7) is 0.433. The zero-order valence-corrected chi connectivity index (χ0v) is 13.0. The monoisotopic (exact) mass is 351 g/mol. The number of thioether (sulfide) groups is 1. The predicted molar refractivity (Wildman–Crippen MR) is 78.6 cm³/mol. The van der Waals surface area contributed by atoms with Crippen LogP contribution in [0.25, 0.3) is 0 Å². The highest BCUT2D eigenvalue weighted by Gasteiger charge is 2.17. The molecule has 0 fully saturated rings. The van der Waals surface area contributed by atoms with Gasteiger partial charge < -0.3 is 5.32 Å². The molecule has 0 unspecified atom stereocenters. The van der Waals surface area contributed by atoms with Gasteiger partial charge in [-0.3, -0.25) is 4.79 Å². The largest absolute Gasteiger partial charge is 0.352 e. The van der Waals surface area contributed by atoms with E-state index in [0.29, 0.717) is 6.54 Å². The molecule has 0 bridgehead atoms. The van der Waals surface area contributed by atoms with Crippen molar-refractivity contribution in [1.82, 2.24) is 5.32 Å². The van der Waals surface area contributed by atoms with Gasteiger partial charge in [0.25, 0.3) is 5.91 Å². The minimum absolute atomic E-state index is 0.274. The van der Waals surface area contributed by atoms with Gasteiger partial charge >= 0.3 is 0 Å². The Hall–Kier alpha value is -0.620. The molecular formula is C13H16BrF2NOS. The van der Waals surface area contributed by atoms with Gasteiger partial charge in [-0.2, -0.15) is 11.8 Å². The Labute approximate surface area is 124 Å². The van der Waals surface area contributed by atoms with Gasteiger partial charge in [0, 0.05) is 11.0 Å². The lowest BCUT2D eigenvalue weighted by atomic mass is 10.2. The molecule has 0 saturated heterocycles. The summed E-state index contributed by atoms with van der Waals surface area (Å²) in [6, 6.07) is 2.16. The van der Waals surface area contributed by atoms with Crippen LogP contribution < -0.4 is 5.32 Å². The Morgan fingerprint density at radius 2 is 1.89 bits per heavy atom. The van der Waals surface area contributed by atoms with Gasteiger partial charge in [-0.1, -0.05) is 22.4 Å². The van der Waals surface area contributed by atoms with Crippen LogP contribution in [0.1, 0.15) is 29.6 Å². The van der Waals surface area contributed by atoms with E-state index < -0.39 is 23.1 Å². The van der Waals surface area contributed by atoms with Crippen LogP contribution in [0.3, 0.4) is 0 Å². The molecule has 0 aliphatic carbocycles. The van der Waals surface area contributed by atoms with Gasteiger partial charge in [-0.15, -0.1) is 0 Å². The summed E-state index contributed by atoms with van der Waals surface area (Å²) in [5.74, 6) is -1.32. The molecule has 0 radical (unpaired) electrons. The first-order valence-electron chi connectivity index (χ1n) is 5.98. The van der Waals surface area contributed by atoms with Crippen LogP contribution in [-0.2, 0) is 0 Å². The minimum atomic E-state index is -0.855. The number of hydrogen-bond donors (Lipinski definition) is 1. The summed E-state index contributed by atoms with van der Waals surface area (Å²) in [5.41, 5.74) is -0.521. The molecule has 19 heavy (non-hydrogen) atoms. The SMILES string of the molecule is CSCCCCCNC(=O)c1c(F)cc(Br)cc1F. The van der Waals surface area contributed by atoms with E-state index in [1.807, 2.05) is 6.26 Å². The topological polar surface area (TPSA) is 29.1 Å². The molecule has 0 aliphatic heterocycles. The van der Waals surface area contributed by atoms with Crippen LogP contribution in [0.4, 0.5) is 8.78 Å². The maximum atomic E-state index is 13.5. The molecule has 0 spiro atoms. The molecule has 1 rings (SSSR count). The van der Waals surface area contributed by atoms with Crippen LogP contribution in [0.2, 0.25) is 0 Å². The number of carbonyl (C=O) groups is 1. The minimum Gasteiger partial charge on any atom is -0.352 e. The fourth-order valence-corrected chi connectivity index (χ4v) is 2.49. The molecule has 0 saturated carbocycles. The van der Waals surface area contributed by atoms with E-state index in [-0.39, 0.29) is 4.47 Å². The number of nitrogens with one attached hydrogen (secondary N) is 1.